The number of benzene rings is 1. The van der Waals surface area contributed by atoms with Crippen LogP contribution in [0.4, 0.5) is 4.79 Å². The predicted molar refractivity (Wildman–Crippen MR) is 51.1 cm³/mol. The molecule has 0 fully saturated rings. The Morgan fingerprint density at radius 1 is 1.40 bits per heavy atom. The standard InChI is InChI=1S/C8H7N3O3S/c9-5-6-3-1-2-4-7(6)15(13,14)11-8(10)12/h1-4H,(H3,10,11,12). The molecular weight excluding hydrogens is 218 g/mol. The second-order valence-corrected chi connectivity index (χ2v) is 4.23. The molecule has 0 heterocycles. The SMILES string of the molecule is N#Cc1ccccc1S(=O)(=O)NC(N)=O. The maximum atomic E-state index is 11.5. The topological polar surface area (TPSA) is 113 Å². The van der Waals surface area contributed by atoms with Gasteiger partial charge in [-0.3, -0.25) is 0 Å². The highest BCUT2D eigenvalue weighted by Crippen LogP contribution is 2.13. The zero-order valence-electron chi connectivity index (χ0n) is 7.47. The van der Waals surface area contributed by atoms with Crippen molar-refractivity contribution in [1.29, 1.82) is 5.26 Å². The summed E-state index contributed by atoms with van der Waals surface area (Å²) >= 11 is 0. The highest BCUT2D eigenvalue weighted by Gasteiger charge is 2.19. The third-order valence-corrected chi connectivity index (χ3v) is 2.94. The number of nitrogens with zero attached hydrogens (tertiary/aromatic N) is 1. The molecule has 1 aromatic rings. The molecule has 0 aliphatic heterocycles. The van der Waals surface area contributed by atoms with Crippen LogP contribution in [0.25, 0.3) is 0 Å². The summed E-state index contributed by atoms with van der Waals surface area (Å²) in [6, 6.07) is 6.01. The fourth-order valence-electron chi connectivity index (χ4n) is 0.981. The molecule has 78 valence electrons. The summed E-state index contributed by atoms with van der Waals surface area (Å²) < 4.78 is 24.5. The number of nitrogens with one attached hydrogen (secondary N) is 1. The number of amides is 2. The van der Waals surface area contributed by atoms with Gasteiger partial charge in [0.1, 0.15) is 11.0 Å². The molecule has 6 nitrogen and oxygen atoms in total. The van der Waals surface area contributed by atoms with E-state index < -0.39 is 16.1 Å². The third kappa shape index (κ3) is 2.45. The number of carbonyl (C=O) groups excluding carboxylic acids is 1. The molecule has 0 aromatic heterocycles. The summed E-state index contributed by atoms with van der Waals surface area (Å²) in [6.07, 6.45) is 0. The van der Waals surface area contributed by atoms with Crippen molar-refractivity contribution in [3.05, 3.63) is 29.8 Å². The largest absolute Gasteiger partial charge is 0.351 e. The van der Waals surface area contributed by atoms with Gasteiger partial charge in [0.15, 0.2) is 0 Å². The van der Waals surface area contributed by atoms with Gasteiger partial charge in [-0.15, -0.1) is 0 Å². The van der Waals surface area contributed by atoms with E-state index in [1.165, 1.54) is 24.3 Å². The Labute approximate surface area is 86.4 Å². The molecule has 0 atom stereocenters. The molecule has 0 radical (unpaired) electrons. The Hall–Kier alpha value is -2.07. The van der Waals surface area contributed by atoms with Gasteiger partial charge in [-0.25, -0.2) is 17.9 Å². The molecule has 0 saturated carbocycles. The van der Waals surface area contributed by atoms with Crippen molar-refractivity contribution in [2.75, 3.05) is 0 Å². The summed E-state index contributed by atoms with van der Waals surface area (Å²) in [5, 5.41) is 8.66. The Balaban J connectivity index is 3.28. The average molecular weight is 225 g/mol. The lowest BCUT2D eigenvalue weighted by Crippen LogP contribution is -2.35. The van der Waals surface area contributed by atoms with E-state index in [-0.39, 0.29) is 10.5 Å². The highest BCUT2D eigenvalue weighted by molar-refractivity contribution is 7.90. The molecule has 0 saturated heterocycles. The number of nitrogens with two attached hydrogens (primary N) is 1. The Bertz CT molecular complexity index is 530. The molecule has 1 rings (SSSR count). The second kappa shape index (κ2) is 3.98. The Kier molecular flexibility index (Phi) is 2.92. The van der Waals surface area contributed by atoms with Gasteiger partial charge in [-0.1, -0.05) is 12.1 Å². The Morgan fingerprint density at radius 3 is 2.53 bits per heavy atom. The van der Waals surface area contributed by atoms with Crippen molar-refractivity contribution in [2.45, 2.75) is 4.90 Å². The zero-order valence-corrected chi connectivity index (χ0v) is 8.28. The van der Waals surface area contributed by atoms with Gasteiger partial charge in [0.05, 0.1) is 5.56 Å². The van der Waals surface area contributed by atoms with Crippen molar-refractivity contribution in [3.8, 4) is 6.07 Å². The first-order chi connectivity index (χ1) is 6.97. The minimum Gasteiger partial charge on any atom is -0.351 e. The van der Waals surface area contributed by atoms with Gasteiger partial charge in [0.2, 0.25) is 0 Å². The van der Waals surface area contributed by atoms with Gasteiger partial charge >= 0.3 is 6.03 Å². The maximum Gasteiger partial charge on any atom is 0.326 e. The second-order valence-electron chi connectivity index (χ2n) is 2.58. The van der Waals surface area contributed by atoms with Gasteiger partial charge in [-0.2, -0.15) is 5.26 Å². The van der Waals surface area contributed by atoms with Crippen molar-refractivity contribution in [2.24, 2.45) is 5.73 Å². The van der Waals surface area contributed by atoms with Gasteiger partial charge in [0, 0.05) is 0 Å². The number of urea groups is 1. The van der Waals surface area contributed by atoms with Crippen LogP contribution in [0.3, 0.4) is 0 Å². The number of hydrogen-bond donors (Lipinski definition) is 2. The van der Waals surface area contributed by atoms with E-state index in [0.717, 1.165) is 0 Å². The van der Waals surface area contributed by atoms with Crippen LogP contribution in [0.5, 0.6) is 0 Å². The van der Waals surface area contributed by atoms with E-state index in [4.69, 9.17) is 11.0 Å². The van der Waals surface area contributed by atoms with Crippen molar-refractivity contribution < 1.29 is 13.2 Å². The lowest BCUT2D eigenvalue weighted by Gasteiger charge is -2.04. The van der Waals surface area contributed by atoms with Gasteiger partial charge < -0.3 is 5.73 Å². The summed E-state index contributed by atoms with van der Waals surface area (Å²) in [5.74, 6) is 0. The minimum atomic E-state index is -4.05. The van der Waals surface area contributed by atoms with Crippen LogP contribution < -0.4 is 10.5 Å². The molecule has 1 aromatic carbocycles. The molecule has 0 bridgehead atoms. The van der Waals surface area contributed by atoms with Crippen LogP contribution in [-0.2, 0) is 10.0 Å². The van der Waals surface area contributed by atoms with Crippen LogP contribution in [0.15, 0.2) is 29.2 Å². The third-order valence-electron chi connectivity index (χ3n) is 1.53. The first-order valence-corrected chi connectivity index (χ1v) is 5.27. The zero-order chi connectivity index (χ0) is 11.5. The lowest BCUT2D eigenvalue weighted by atomic mass is 10.2. The monoisotopic (exact) mass is 225 g/mol. The molecule has 0 unspecified atom stereocenters. The molecular formula is C8H7N3O3S. The van der Waals surface area contributed by atoms with Crippen molar-refractivity contribution in [1.82, 2.24) is 4.72 Å². The molecule has 0 spiro atoms. The highest BCUT2D eigenvalue weighted by atomic mass is 32.2. The van der Waals surface area contributed by atoms with E-state index in [1.54, 1.807) is 10.8 Å². The van der Waals surface area contributed by atoms with Crippen LogP contribution >= 0.6 is 0 Å². The smallest absolute Gasteiger partial charge is 0.326 e. The molecule has 2 amide bonds. The maximum absolute atomic E-state index is 11.5. The summed E-state index contributed by atoms with van der Waals surface area (Å²) in [6.45, 7) is 0. The molecule has 3 N–H and O–H groups in total. The molecule has 0 aliphatic carbocycles. The fraction of sp³-hybridized carbons (Fsp3) is 0. The molecule has 0 aliphatic rings. The van der Waals surface area contributed by atoms with Crippen molar-refractivity contribution >= 4 is 16.1 Å². The van der Waals surface area contributed by atoms with Gasteiger partial charge in [0.25, 0.3) is 10.0 Å². The van der Waals surface area contributed by atoms with Crippen LogP contribution in [0.2, 0.25) is 0 Å². The molecule has 7 heteroatoms. The lowest BCUT2D eigenvalue weighted by molar-refractivity contribution is 0.253. The quantitative estimate of drug-likeness (QED) is 0.732. The van der Waals surface area contributed by atoms with E-state index in [2.05, 4.69) is 0 Å². The summed E-state index contributed by atoms with van der Waals surface area (Å²) in [4.78, 5) is 10.2. The normalized spacial score (nSPS) is 10.3. The number of rotatable bonds is 2. The number of primary amides is 1. The van der Waals surface area contributed by atoms with E-state index in [0.29, 0.717) is 0 Å². The van der Waals surface area contributed by atoms with Crippen LogP contribution in [0, 0.1) is 11.3 Å². The summed E-state index contributed by atoms with van der Waals surface area (Å²) in [5.41, 5.74) is 4.65. The number of nitriles is 1. The van der Waals surface area contributed by atoms with Crippen LogP contribution in [0.1, 0.15) is 5.56 Å². The fourth-order valence-corrected chi connectivity index (χ4v) is 2.02. The predicted octanol–water partition coefficient (Wildman–Crippen LogP) is -0.0847. The first kappa shape index (κ1) is 11.0. The van der Waals surface area contributed by atoms with E-state index >= 15 is 0 Å². The average Bonchev–Trinajstić information content (AvgIpc) is 2.16. The van der Waals surface area contributed by atoms with E-state index in [9.17, 15) is 13.2 Å². The summed E-state index contributed by atoms with van der Waals surface area (Å²) in [7, 11) is -4.05. The number of carbonyl (C=O) groups is 1. The van der Waals surface area contributed by atoms with Crippen molar-refractivity contribution in [3.63, 3.8) is 0 Å². The van der Waals surface area contributed by atoms with E-state index in [1.807, 2.05) is 0 Å². The number of hydrogen-bond acceptors (Lipinski definition) is 4. The minimum absolute atomic E-state index is 0.0498. The Morgan fingerprint density at radius 2 is 2.00 bits per heavy atom. The number of sulfonamides is 1. The first-order valence-electron chi connectivity index (χ1n) is 3.79. The van der Waals surface area contributed by atoms with Crippen LogP contribution in [-0.4, -0.2) is 14.4 Å². The van der Waals surface area contributed by atoms with Gasteiger partial charge in [-0.05, 0) is 12.1 Å². The molecule has 15 heavy (non-hydrogen) atoms.